The third-order valence-electron chi connectivity index (χ3n) is 3.66. The summed E-state index contributed by atoms with van der Waals surface area (Å²) in [5.74, 6) is 0.384. The first-order valence-corrected chi connectivity index (χ1v) is 8.04. The maximum absolute atomic E-state index is 12.1. The van der Waals surface area contributed by atoms with Crippen LogP contribution in [0.3, 0.4) is 0 Å². The van der Waals surface area contributed by atoms with Crippen LogP contribution >= 0.6 is 15.9 Å². The van der Waals surface area contributed by atoms with Gasteiger partial charge in [0, 0.05) is 11.0 Å². The molecule has 2 unspecified atom stereocenters. The van der Waals surface area contributed by atoms with Gasteiger partial charge in [-0.2, -0.15) is 0 Å². The summed E-state index contributed by atoms with van der Waals surface area (Å²) >= 11 is 3.37. The van der Waals surface area contributed by atoms with E-state index in [1.54, 1.807) is 0 Å². The number of nitrogens with zero attached hydrogens (tertiary/aromatic N) is 1. The van der Waals surface area contributed by atoms with Crippen molar-refractivity contribution in [2.24, 2.45) is 11.7 Å². The summed E-state index contributed by atoms with van der Waals surface area (Å²) in [4.78, 5) is 16.3. The molecule has 118 valence electrons. The van der Waals surface area contributed by atoms with E-state index in [1.807, 2.05) is 31.2 Å². The minimum atomic E-state index is -0.293. The zero-order chi connectivity index (χ0) is 16.1. The highest BCUT2D eigenvalue weighted by Gasteiger charge is 2.20. The van der Waals surface area contributed by atoms with Crippen LogP contribution in [-0.2, 0) is 6.54 Å². The summed E-state index contributed by atoms with van der Waals surface area (Å²) in [5.41, 5.74) is 7.32. The first-order chi connectivity index (χ1) is 10.5. The van der Waals surface area contributed by atoms with Gasteiger partial charge in [-0.25, -0.2) is 4.98 Å². The van der Waals surface area contributed by atoms with E-state index in [0.717, 1.165) is 16.5 Å². The Morgan fingerprint density at radius 2 is 2.09 bits per heavy atom. The van der Waals surface area contributed by atoms with Crippen LogP contribution in [0.1, 0.15) is 48.3 Å². The van der Waals surface area contributed by atoms with Crippen molar-refractivity contribution in [3.8, 4) is 0 Å². The van der Waals surface area contributed by atoms with E-state index in [2.05, 4.69) is 33.2 Å². The Morgan fingerprint density at radius 3 is 2.73 bits per heavy atom. The molecule has 0 saturated carbocycles. The van der Waals surface area contributed by atoms with Crippen LogP contribution < -0.4 is 11.1 Å². The second kappa shape index (κ2) is 7.56. The Kier molecular flexibility index (Phi) is 5.74. The lowest BCUT2D eigenvalue weighted by atomic mass is 10.0. The van der Waals surface area contributed by atoms with E-state index in [4.69, 9.17) is 10.2 Å². The molecular weight excluding hydrogens is 346 g/mol. The van der Waals surface area contributed by atoms with Crippen molar-refractivity contribution in [1.29, 1.82) is 0 Å². The molecule has 22 heavy (non-hydrogen) atoms. The van der Waals surface area contributed by atoms with Crippen molar-refractivity contribution < 1.29 is 9.21 Å². The van der Waals surface area contributed by atoms with Crippen molar-refractivity contribution in [2.45, 2.75) is 32.9 Å². The molecular formula is C16H20BrN3O2. The number of nitrogens with one attached hydrogen (secondary N) is 1. The normalized spacial score (nSPS) is 13.6. The van der Waals surface area contributed by atoms with Crippen LogP contribution in [0.4, 0.5) is 0 Å². The maximum Gasteiger partial charge on any atom is 0.273 e. The molecule has 0 aliphatic carbocycles. The Bertz CT molecular complexity index is 625. The predicted octanol–water partition coefficient (Wildman–Crippen LogP) is 3.41. The van der Waals surface area contributed by atoms with Crippen LogP contribution in [0.2, 0.25) is 0 Å². The van der Waals surface area contributed by atoms with Crippen LogP contribution in [0.15, 0.2) is 39.4 Å². The fraction of sp³-hybridized carbons (Fsp3) is 0.375. The van der Waals surface area contributed by atoms with E-state index in [9.17, 15) is 4.79 Å². The first kappa shape index (κ1) is 16.7. The Balaban J connectivity index is 1.95. The fourth-order valence-corrected chi connectivity index (χ4v) is 2.18. The van der Waals surface area contributed by atoms with Crippen LogP contribution in [-0.4, -0.2) is 10.9 Å². The maximum atomic E-state index is 12.1. The molecule has 0 fully saturated rings. The Labute approximate surface area is 138 Å². The zero-order valence-corrected chi connectivity index (χ0v) is 14.3. The summed E-state index contributed by atoms with van der Waals surface area (Å²) < 4.78 is 6.34. The lowest BCUT2D eigenvalue weighted by Crippen LogP contribution is -2.24. The highest BCUT2D eigenvalue weighted by atomic mass is 79.9. The van der Waals surface area contributed by atoms with E-state index in [-0.39, 0.29) is 23.6 Å². The van der Waals surface area contributed by atoms with Gasteiger partial charge in [-0.1, -0.05) is 48.3 Å². The van der Waals surface area contributed by atoms with E-state index in [1.165, 1.54) is 6.26 Å². The van der Waals surface area contributed by atoms with Gasteiger partial charge in [-0.15, -0.1) is 0 Å². The largest absolute Gasteiger partial charge is 0.446 e. The number of nitrogens with two attached hydrogens (primary N) is 1. The number of oxazole rings is 1. The highest BCUT2D eigenvalue weighted by molar-refractivity contribution is 9.10. The number of aromatic nitrogens is 1. The van der Waals surface area contributed by atoms with Gasteiger partial charge < -0.3 is 15.5 Å². The molecule has 0 bridgehead atoms. The van der Waals surface area contributed by atoms with Crippen molar-refractivity contribution in [2.75, 3.05) is 0 Å². The standard InChI is InChI=1S/C16H20BrN3O2/c1-3-10(2)14(18)16-20-13(9-22-16)15(21)19-8-11-4-6-12(17)7-5-11/h4-7,9-10,14H,3,8,18H2,1-2H3,(H,19,21). The quantitative estimate of drug-likeness (QED) is 0.821. The van der Waals surface area contributed by atoms with Gasteiger partial charge >= 0.3 is 0 Å². The summed E-state index contributed by atoms with van der Waals surface area (Å²) in [7, 11) is 0. The molecule has 3 N–H and O–H groups in total. The summed E-state index contributed by atoms with van der Waals surface area (Å²) in [6, 6.07) is 7.45. The molecule has 2 aromatic rings. The summed E-state index contributed by atoms with van der Waals surface area (Å²) in [6.07, 6.45) is 2.28. The average Bonchev–Trinajstić information content (AvgIpc) is 3.02. The Hall–Kier alpha value is -1.66. The van der Waals surface area contributed by atoms with Gasteiger partial charge in [-0.05, 0) is 23.6 Å². The molecule has 0 saturated heterocycles. The van der Waals surface area contributed by atoms with Gasteiger partial charge in [0.25, 0.3) is 5.91 Å². The van der Waals surface area contributed by atoms with Gasteiger partial charge in [-0.3, -0.25) is 4.79 Å². The molecule has 2 rings (SSSR count). The highest BCUT2D eigenvalue weighted by Crippen LogP contribution is 2.21. The lowest BCUT2D eigenvalue weighted by Gasteiger charge is -2.13. The molecule has 1 heterocycles. The molecule has 0 aliphatic heterocycles. The van der Waals surface area contributed by atoms with Crippen LogP contribution in [0, 0.1) is 5.92 Å². The van der Waals surface area contributed by atoms with E-state index >= 15 is 0 Å². The van der Waals surface area contributed by atoms with Crippen molar-refractivity contribution in [3.63, 3.8) is 0 Å². The summed E-state index contributed by atoms with van der Waals surface area (Å²) in [6.45, 7) is 4.52. The molecule has 1 amide bonds. The predicted molar refractivity (Wildman–Crippen MR) is 88.2 cm³/mol. The SMILES string of the molecule is CCC(C)C(N)c1nc(C(=O)NCc2ccc(Br)cc2)co1. The number of carbonyl (C=O) groups is 1. The summed E-state index contributed by atoms with van der Waals surface area (Å²) in [5, 5.41) is 2.81. The van der Waals surface area contributed by atoms with Crippen molar-refractivity contribution in [3.05, 3.63) is 52.1 Å². The fourth-order valence-electron chi connectivity index (χ4n) is 1.92. The number of hydrogen-bond acceptors (Lipinski definition) is 4. The second-order valence-electron chi connectivity index (χ2n) is 5.29. The van der Waals surface area contributed by atoms with Crippen molar-refractivity contribution >= 4 is 21.8 Å². The number of halogens is 1. The number of carbonyl (C=O) groups excluding carboxylic acids is 1. The molecule has 2 atom stereocenters. The molecule has 0 radical (unpaired) electrons. The first-order valence-electron chi connectivity index (χ1n) is 7.25. The van der Waals surface area contributed by atoms with Gasteiger partial charge in [0.15, 0.2) is 5.69 Å². The molecule has 1 aromatic carbocycles. The Morgan fingerprint density at radius 1 is 1.41 bits per heavy atom. The monoisotopic (exact) mass is 365 g/mol. The van der Waals surface area contributed by atoms with Gasteiger partial charge in [0.1, 0.15) is 6.26 Å². The zero-order valence-electron chi connectivity index (χ0n) is 12.7. The molecule has 6 heteroatoms. The minimum Gasteiger partial charge on any atom is -0.446 e. The minimum absolute atomic E-state index is 0.248. The second-order valence-corrected chi connectivity index (χ2v) is 6.21. The topological polar surface area (TPSA) is 81.1 Å². The van der Waals surface area contributed by atoms with E-state index in [0.29, 0.717) is 12.4 Å². The molecule has 1 aromatic heterocycles. The average molecular weight is 366 g/mol. The third-order valence-corrected chi connectivity index (χ3v) is 4.19. The smallest absolute Gasteiger partial charge is 0.273 e. The number of benzene rings is 1. The van der Waals surface area contributed by atoms with Gasteiger partial charge in [0.05, 0.1) is 6.04 Å². The number of amides is 1. The number of hydrogen-bond donors (Lipinski definition) is 2. The van der Waals surface area contributed by atoms with Crippen LogP contribution in [0.5, 0.6) is 0 Å². The molecule has 0 aliphatic rings. The van der Waals surface area contributed by atoms with E-state index < -0.39 is 0 Å². The van der Waals surface area contributed by atoms with Gasteiger partial charge in [0.2, 0.25) is 5.89 Å². The van der Waals surface area contributed by atoms with Crippen LogP contribution in [0.25, 0.3) is 0 Å². The third kappa shape index (κ3) is 4.18. The lowest BCUT2D eigenvalue weighted by molar-refractivity contribution is 0.0946. The van der Waals surface area contributed by atoms with Crippen molar-refractivity contribution in [1.82, 2.24) is 10.3 Å². The molecule has 5 nitrogen and oxygen atoms in total. The number of rotatable bonds is 6. The molecule has 0 spiro atoms.